The van der Waals surface area contributed by atoms with Crippen molar-refractivity contribution in [2.24, 2.45) is 5.73 Å². The van der Waals surface area contributed by atoms with E-state index in [0.717, 1.165) is 34.3 Å². The van der Waals surface area contributed by atoms with Gasteiger partial charge in [-0.2, -0.15) is 0 Å². The molecular weight excluding hydrogens is 418 g/mol. The number of imidazole rings is 1. The smallest absolute Gasteiger partial charge is 0.237 e. The van der Waals surface area contributed by atoms with Crippen molar-refractivity contribution >= 4 is 16.9 Å². The second kappa shape index (κ2) is 9.13. The van der Waals surface area contributed by atoms with Crippen molar-refractivity contribution in [2.45, 2.75) is 38.4 Å². The van der Waals surface area contributed by atoms with Gasteiger partial charge in [-0.3, -0.25) is 9.36 Å². The van der Waals surface area contributed by atoms with Crippen LogP contribution in [0.5, 0.6) is 0 Å². The summed E-state index contributed by atoms with van der Waals surface area (Å²) in [6.07, 6.45) is 8.30. The molecule has 3 aromatic heterocycles. The number of benzene rings is 1. The number of carbonyl (C=O) groups excluding carboxylic acids is 1. The zero-order valence-corrected chi connectivity index (χ0v) is 18.5. The molecule has 1 aliphatic heterocycles. The molecule has 5 rings (SSSR count). The molecule has 0 saturated carbocycles. The normalized spacial score (nSPS) is 18.3. The van der Waals surface area contributed by atoms with Crippen LogP contribution in [0, 0.1) is 0 Å². The number of likely N-dealkylation sites (tertiary alicyclic amines) is 1. The predicted molar refractivity (Wildman–Crippen MR) is 123 cm³/mol. The van der Waals surface area contributed by atoms with Gasteiger partial charge in [0.15, 0.2) is 0 Å². The lowest BCUT2D eigenvalue weighted by Gasteiger charge is -2.25. The van der Waals surface area contributed by atoms with Crippen molar-refractivity contribution in [3.05, 3.63) is 72.3 Å². The molecule has 1 fully saturated rings. The van der Waals surface area contributed by atoms with Gasteiger partial charge in [-0.05, 0) is 42.7 Å². The first kappa shape index (κ1) is 21.3. The molecule has 170 valence electrons. The number of fused-ring (bicyclic) bond motifs is 1. The molecule has 2 atom stereocenters. The number of aryl methyl sites for hydroxylation is 1. The summed E-state index contributed by atoms with van der Waals surface area (Å²) >= 11 is 0. The Morgan fingerprint density at radius 2 is 2.18 bits per heavy atom. The number of amides is 1. The van der Waals surface area contributed by atoms with Crippen molar-refractivity contribution in [1.29, 1.82) is 0 Å². The lowest BCUT2D eigenvalue weighted by molar-refractivity contribution is -0.131. The van der Waals surface area contributed by atoms with Crippen LogP contribution in [0.4, 0.5) is 0 Å². The Morgan fingerprint density at radius 3 is 3.00 bits per heavy atom. The van der Waals surface area contributed by atoms with Crippen LogP contribution in [0.25, 0.3) is 16.9 Å². The number of hydrogen-bond donors (Lipinski definition) is 2. The Bertz CT molecular complexity index is 1250. The van der Waals surface area contributed by atoms with E-state index < -0.39 is 0 Å². The summed E-state index contributed by atoms with van der Waals surface area (Å²) < 4.78 is 7.17. The van der Waals surface area contributed by atoms with Crippen LogP contribution in [0.15, 0.2) is 59.7 Å². The Labute approximate surface area is 191 Å². The highest BCUT2D eigenvalue weighted by Crippen LogP contribution is 2.31. The monoisotopic (exact) mass is 445 g/mol. The largest absolute Gasteiger partial charge is 0.464 e. The average Bonchev–Trinajstić information content (AvgIpc) is 3.59. The van der Waals surface area contributed by atoms with Crippen molar-refractivity contribution in [3.63, 3.8) is 0 Å². The number of furan rings is 1. The van der Waals surface area contributed by atoms with E-state index in [4.69, 9.17) is 15.1 Å². The van der Waals surface area contributed by atoms with Crippen molar-refractivity contribution in [1.82, 2.24) is 29.7 Å². The molecule has 1 amide bonds. The van der Waals surface area contributed by atoms with Gasteiger partial charge in [0, 0.05) is 42.6 Å². The Balaban J connectivity index is 1.30. The van der Waals surface area contributed by atoms with E-state index in [2.05, 4.69) is 28.3 Å². The van der Waals surface area contributed by atoms with Gasteiger partial charge in [-0.1, -0.05) is 13.0 Å². The Hall–Kier alpha value is -3.56. The molecule has 4 aromatic rings. The summed E-state index contributed by atoms with van der Waals surface area (Å²) in [4.78, 5) is 28.4. The summed E-state index contributed by atoms with van der Waals surface area (Å²) in [6.45, 7) is 3.39. The van der Waals surface area contributed by atoms with Crippen LogP contribution in [-0.4, -0.2) is 49.5 Å². The molecule has 9 nitrogen and oxygen atoms in total. The maximum atomic E-state index is 13.1. The summed E-state index contributed by atoms with van der Waals surface area (Å²) in [7, 11) is 0. The summed E-state index contributed by atoms with van der Waals surface area (Å²) in [5.74, 6) is 0.570. The third kappa shape index (κ3) is 4.50. The van der Waals surface area contributed by atoms with Gasteiger partial charge in [0.25, 0.3) is 0 Å². The van der Waals surface area contributed by atoms with Gasteiger partial charge in [0.05, 0.1) is 24.5 Å². The molecule has 9 heteroatoms. The van der Waals surface area contributed by atoms with Crippen LogP contribution in [0.1, 0.15) is 36.3 Å². The Kier molecular flexibility index (Phi) is 5.89. The van der Waals surface area contributed by atoms with E-state index in [-0.39, 0.29) is 24.5 Å². The van der Waals surface area contributed by atoms with E-state index in [9.17, 15) is 4.79 Å². The first-order valence-electron chi connectivity index (χ1n) is 11.2. The van der Waals surface area contributed by atoms with Crippen LogP contribution >= 0.6 is 0 Å². The molecule has 4 heterocycles. The zero-order chi connectivity index (χ0) is 22.8. The van der Waals surface area contributed by atoms with Gasteiger partial charge in [-0.25, -0.2) is 15.0 Å². The van der Waals surface area contributed by atoms with Crippen molar-refractivity contribution in [3.8, 4) is 5.95 Å². The first-order valence-corrected chi connectivity index (χ1v) is 11.2. The van der Waals surface area contributed by atoms with Crippen LogP contribution in [-0.2, 0) is 17.8 Å². The zero-order valence-electron chi connectivity index (χ0n) is 18.5. The van der Waals surface area contributed by atoms with E-state index in [1.807, 2.05) is 35.4 Å². The number of nitrogens with zero attached hydrogens (tertiary/aromatic N) is 5. The minimum Gasteiger partial charge on any atom is -0.464 e. The van der Waals surface area contributed by atoms with Crippen molar-refractivity contribution < 1.29 is 9.21 Å². The molecule has 0 spiro atoms. The molecule has 0 bridgehead atoms. The molecule has 0 aliphatic carbocycles. The number of carbonyl (C=O) groups is 1. The fraction of sp³-hybridized carbons (Fsp3) is 0.333. The average molecular weight is 446 g/mol. The molecule has 1 aromatic carbocycles. The van der Waals surface area contributed by atoms with E-state index in [0.29, 0.717) is 25.5 Å². The second-order valence-corrected chi connectivity index (χ2v) is 8.36. The van der Waals surface area contributed by atoms with Crippen molar-refractivity contribution in [2.75, 3.05) is 13.1 Å². The van der Waals surface area contributed by atoms with Gasteiger partial charge in [-0.15, -0.1) is 0 Å². The molecule has 0 radical (unpaired) electrons. The minimum atomic E-state index is -0.174. The lowest BCUT2D eigenvalue weighted by Crippen LogP contribution is -2.39. The number of rotatable bonds is 7. The summed E-state index contributed by atoms with van der Waals surface area (Å²) in [6, 6.07) is 9.67. The van der Waals surface area contributed by atoms with Gasteiger partial charge in [0.1, 0.15) is 11.9 Å². The fourth-order valence-electron chi connectivity index (χ4n) is 4.31. The molecule has 2 unspecified atom stereocenters. The number of aromatic nitrogens is 4. The van der Waals surface area contributed by atoms with Crippen LogP contribution in [0.3, 0.4) is 0 Å². The SMILES string of the molecule is CCc1cc(C2CC(N)CN2C(=O)CNCc2ccc3occc3c2)nc(-n2ccnc2)n1. The van der Waals surface area contributed by atoms with E-state index in [1.54, 1.807) is 23.4 Å². The highest BCUT2D eigenvalue weighted by atomic mass is 16.3. The molecule has 3 N–H and O–H groups in total. The highest BCUT2D eigenvalue weighted by molar-refractivity contribution is 5.79. The number of nitrogens with one attached hydrogen (secondary N) is 1. The van der Waals surface area contributed by atoms with E-state index in [1.165, 1.54) is 0 Å². The predicted octanol–water partition coefficient (Wildman–Crippen LogP) is 2.36. The molecule has 33 heavy (non-hydrogen) atoms. The molecule has 1 aliphatic rings. The highest BCUT2D eigenvalue weighted by Gasteiger charge is 2.35. The first-order chi connectivity index (χ1) is 16.1. The second-order valence-electron chi connectivity index (χ2n) is 8.36. The maximum absolute atomic E-state index is 13.1. The molecular formula is C24H27N7O2. The topological polar surface area (TPSA) is 115 Å². The maximum Gasteiger partial charge on any atom is 0.237 e. The Morgan fingerprint density at radius 1 is 1.27 bits per heavy atom. The minimum absolute atomic E-state index is 0.0122. The van der Waals surface area contributed by atoms with Crippen LogP contribution in [0.2, 0.25) is 0 Å². The molecule has 1 saturated heterocycles. The lowest BCUT2D eigenvalue weighted by atomic mass is 10.1. The fourth-order valence-corrected chi connectivity index (χ4v) is 4.31. The third-order valence-corrected chi connectivity index (χ3v) is 6.00. The number of nitrogens with two attached hydrogens (primary N) is 1. The standard InChI is InChI=1S/C24H27N7O2/c1-2-19-11-20(29-24(28-19)30-7-6-26-15-30)21-10-18(25)14-31(21)23(32)13-27-12-16-3-4-22-17(9-16)5-8-33-22/h3-9,11,15,18,21,27H,2,10,12-14,25H2,1H3. The van der Waals surface area contributed by atoms with Gasteiger partial charge in [0.2, 0.25) is 11.9 Å². The van der Waals surface area contributed by atoms with Crippen LogP contribution < -0.4 is 11.1 Å². The van der Waals surface area contributed by atoms with Gasteiger partial charge < -0.3 is 20.4 Å². The summed E-state index contributed by atoms with van der Waals surface area (Å²) in [5, 5.41) is 4.32. The quantitative estimate of drug-likeness (QED) is 0.449. The van der Waals surface area contributed by atoms with Gasteiger partial charge >= 0.3 is 0 Å². The summed E-state index contributed by atoms with van der Waals surface area (Å²) in [5.41, 5.74) is 9.97. The van der Waals surface area contributed by atoms with E-state index >= 15 is 0 Å². The third-order valence-electron chi connectivity index (χ3n) is 6.00. The number of hydrogen-bond acceptors (Lipinski definition) is 7.